The van der Waals surface area contributed by atoms with Gasteiger partial charge in [-0.15, -0.1) is 0 Å². The van der Waals surface area contributed by atoms with Crippen molar-refractivity contribution in [3.8, 4) is 5.75 Å². The molecule has 0 aliphatic heterocycles. The molecular weight excluding hydrogens is 322 g/mol. The largest absolute Gasteiger partial charge is 0.494 e. The Labute approximate surface area is 149 Å². The maximum absolute atomic E-state index is 11.9. The van der Waals surface area contributed by atoms with Crippen molar-refractivity contribution in [3.63, 3.8) is 0 Å². The van der Waals surface area contributed by atoms with Crippen molar-refractivity contribution in [1.29, 1.82) is 0 Å². The number of methoxy groups -OCH3 is 2. The summed E-state index contributed by atoms with van der Waals surface area (Å²) < 4.78 is 10.2. The van der Waals surface area contributed by atoms with Gasteiger partial charge in [0.25, 0.3) is 0 Å². The molecule has 7 nitrogen and oxygen atoms in total. The molecule has 0 saturated heterocycles. The van der Waals surface area contributed by atoms with Crippen LogP contribution in [0.3, 0.4) is 0 Å². The van der Waals surface area contributed by atoms with Gasteiger partial charge < -0.3 is 19.7 Å². The number of likely N-dealkylation sites (N-methyl/N-ethyl adjacent to an activating group) is 1. The zero-order valence-corrected chi connectivity index (χ0v) is 16.1. The van der Waals surface area contributed by atoms with Gasteiger partial charge in [-0.2, -0.15) is 0 Å². The van der Waals surface area contributed by atoms with E-state index >= 15 is 0 Å². The van der Waals surface area contributed by atoms with Gasteiger partial charge in [0.1, 0.15) is 5.75 Å². The Kier molecular flexibility index (Phi) is 7.23. The van der Waals surface area contributed by atoms with Gasteiger partial charge in [0.2, 0.25) is 5.91 Å². The lowest BCUT2D eigenvalue weighted by molar-refractivity contribution is -0.121. The molecule has 1 rings (SSSR count). The summed E-state index contributed by atoms with van der Waals surface area (Å²) in [5, 5.41) is 5.55. The van der Waals surface area contributed by atoms with Crippen LogP contribution in [0, 0.1) is 0 Å². The number of nitrogens with zero attached hydrogens (tertiary/aromatic N) is 1. The maximum Gasteiger partial charge on any atom is 0.411 e. The number of ether oxygens (including phenoxy) is 2. The lowest BCUT2D eigenvalue weighted by Gasteiger charge is -2.24. The minimum absolute atomic E-state index is 0.0873. The van der Waals surface area contributed by atoms with Crippen molar-refractivity contribution in [1.82, 2.24) is 10.2 Å². The molecule has 0 atom stereocenters. The minimum Gasteiger partial charge on any atom is -0.494 e. The van der Waals surface area contributed by atoms with Crippen LogP contribution in [-0.2, 0) is 21.5 Å². The molecule has 2 N–H and O–H groups in total. The van der Waals surface area contributed by atoms with E-state index < -0.39 is 6.09 Å². The molecule has 0 aliphatic rings. The standard InChI is InChI=1S/C18H29N3O4/c1-18(2,3)13-8-12(10-19-15(22)11-21(4)5)16(24-6)14(9-13)20-17(23)25-7/h8-9H,10-11H2,1-7H3,(H,19,22)(H,20,23). The smallest absolute Gasteiger partial charge is 0.411 e. The van der Waals surface area contributed by atoms with Gasteiger partial charge in [0.15, 0.2) is 0 Å². The molecular formula is C18H29N3O4. The van der Waals surface area contributed by atoms with E-state index in [4.69, 9.17) is 4.74 Å². The first kappa shape index (κ1) is 20.8. The summed E-state index contributed by atoms with van der Waals surface area (Å²) >= 11 is 0. The molecule has 1 aromatic rings. The van der Waals surface area contributed by atoms with Gasteiger partial charge >= 0.3 is 6.09 Å². The second-order valence-corrected chi connectivity index (χ2v) is 7.10. The minimum atomic E-state index is -0.577. The fourth-order valence-electron chi connectivity index (χ4n) is 2.29. The van der Waals surface area contributed by atoms with E-state index in [9.17, 15) is 9.59 Å². The van der Waals surface area contributed by atoms with Crippen LogP contribution in [0.25, 0.3) is 0 Å². The van der Waals surface area contributed by atoms with E-state index in [1.807, 2.05) is 26.2 Å². The summed E-state index contributed by atoms with van der Waals surface area (Å²) in [6.45, 7) is 6.82. The summed E-state index contributed by atoms with van der Waals surface area (Å²) in [5.41, 5.74) is 2.17. The molecule has 0 spiro atoms. The second kappa shape index (κ2) is 8.71. The Morgan fingerprint density at radius 1 is 1.16 bits per heavy atom. The molecule has 0 radical (unpaired) electrons. The Balaban J connectivity index is 3.21. The predicted octanol–water partition coefficient (Wildman–Crippen LogP) is 2.35. The van der Waals surface area contributed by atoms with E-state index in [1.54, 1.807) is 4.90 Å². The van der Waals surface area contributed by atoms with Gasteiger partial charge in [-0.05, 0) is 37.2 Å². The number of hydrogen-bond acceptors (Lipinski definition) is 5. The highest BCUT2D eigenvalue weighted by Crippen LogP contribution is 2.35. The average molecular weight is 351 g/mol. The summed E-state index contributed by atoms with van der Waals surface area (Å²) in [4.78, 5) is 25.4. The molecule has 0 bridgehead atoms. The Morgan fingerprint density at radius 2 is 1.80 bits per heavy atom. The first-order chi connectivity index (χ1) is 11.6. The first-order valence-corrected chi connectivity index (χ1v) is 8.06. The Bertz CT molecular complexity index is 621. The molecule has 0 fully saturated rings. The quantitative estimate of drug-likeness (QED) is 0.822. The van der Waals surface area contributed by atoms with Crippen LogP contribution < -0.4 is 15.4 Å². The highest BCUT2D eigenvalue weighted by atomic mass is 16.5. The van der Waals surface area contributed by atoms with Crippen LogP contribution in [0.5, 0.6) is 5.75 Å². The van der Waals surface area contributed by atoms with E-state index in [0.717, 1.165) is 11.1 Å². The number of carbonyl (C=O) groups is 2. The lowest BCUT2D eigenvalue weighted by atomic mass is 9.85. The number of hydrogen-bond donors (Lipinski definition) is 2. The Morgan fingerprint density at radius 3 is 2.28 bits per heavy atom. The monoisotopic (exact) mass is 351 g/mol. The summed E-state index contributed by atoms with van der Waals surface area (Å²) in [6, 6.07) is 3.85. The van der Waals surface area contributed by atoms with Crippen LogP contribution in [0.2, 0.25) is 0 Å². The van der Waals surface area contributed by atoms with Crippen LogP contribution in [0.4, 0.5) is 10.5 Å². The molecule has 7 heteroatoms. The lowest BCUT2D eigenvalue weighted by Crippen LogP contribution is -2.33. The van der Waals surface area contributed by atoms with Gasteiger partial charge in [-0.25, -0.2) is 4.79 Å². The summed E-state index contributed by atoms with van der Waals surface area (Å²) in [5.74, 6) is 0.416. The SMILES string of the molecule is COC(=O)Nc1cc(C(C)(C)C)cc(CNC(=O)CN(C)C)c1OC. The zero-order chi connectivity index (χ0) is 19.2. The van der Waals surface area contributed by atoms with Crippen molar-refractivity contribution in [2.24, 2.45) is 0 Å². The van der Waals surface area contributed by atoms with Crippen molar-refractivity contribution in [3.05, 3.63) is 23.3 Å². The highest BCUT2D eigenvalue weighted by Gasteiger charge is 2.21. The molecule has 1 aromatic carbocycles. The molecule has 0 unspecified atom stereocenters. The highest BCUT2D eigenvalue weighted by molar-refractivity contribution is 5.87. The maximum atomic E-state index is 11.9. The number of carbonyl (C=O) groups excluding carboxylic acids is 2. The van der Waals surface area contributed by atoms with E-state index in [1.165, 1.54) is 14.2 Å². The second-order valence-electron chi connectivity index (χ2n) is 7.10. The molecule has 0 heterocycles. The third-order valence-corrected chi connectivity index (χ3v) is 3.59. The first-order valence-electron chi connectivity index (χ1n) is 8.06. The molecule has 140 valence electrons. The van der Waals surface area contributed by atoms with E-state index in [2.05, 4.69) is 36.1 Å². The van der Waals surface area contributed by atoms with Crippen molar-refractivity contribution in [2.75, 3.05) is 40.2 Å². The number of anilines is 1. The van der Waals surface area contributed by atoms with Gasteiger partial charge in [0.05, 0.1) is 26.5 Å². The number of amides is 2. The van der Waals surface area contributed by atoms with Crippen LogP contribution in [0.15, 0.2) is 12.1 Å². The molecule has 25 heavy (non-hydrogen) atoms. The topological polar surface area (TPSA) is 79.9 Å². The molecule has 2 amide bonds. The number of nitrogens with one attached hydrogen (secondary N) is 2. The summed E-state index contributed by atoms with van der Waals surface area (Å²) in [7, 11) is 6.50. The normalized spacial score (nSPS) is 11.2. The van der Waals surface area contributed by atoms with Gasteiger partial charge in [0, 0.05) is 12.1 Å². The zero-order valence-electron chi connectivity index (χ0n) is 16.1. The van der Waals surface area contributed by atoms with Crippen molar-refractivity contribution < 1.29 is 19.1 Å². The summed E-state index contributed by atoms with van der Waals surface area (Å²) in [6.07, 6.45) is -0.577. The Hall–Kier alpha value is -2.28. The third kappa shape index (κ3) is 6.26. The van der Waals surface area contributed by atoms with Crippen molar-refractivity contribution in [2.45, 2.75) is 32.7 Å². The molecule has 0 aliphatic carbocycles. The fourth-order valence-corrected chi connectivity index (χ4v) is 2.29. The fraction of sp³-hybridized carbons (Fsp3) is 0.556. The van der Waals surface area contributed by atoms with Crippen LogP contribution in [0.1, 0.15) is 31.9 Å². The van der Waals surface area contributed by atoms with Gasteiger partial charge in [-0.3, -0.25) is 10.1 Å². The van der Waals surface area contributed by atoms with E-state index in [0.29, 0.717) is 24.5 Å². The molecule has 0 saturated carbocycles. The molecule has 0 aromatic heterocycles. The predicted molar refractivity (Wildman–Crippen MR) is 98.1 cm³/mol. The third-order valence-electron chi connectivity index (χ3n) is 3.59. The van der Waals surface area contributed by atoms with Crippen LogP contribution >= 0.6 is 0 Å². The van der Waals surface area contributed by atoms with Crippen LogP contribution in [-0.4, -0.2) is 51.8 Å². The number of rotatable bonds is 6. The van der Waals surface area contributed by atoms with Gasteiger partial charge in [-0.1, -0.05) is 20.8 Å². The average Bonchev–Trinajstić information content (AvgIpc) is 2.50. The van der Waals surface area contributed by atoms with E-state index in [-0.39, 0.29) is 11.3 Å². The number of benzene rings is 1. The van der Waals surface area contributed by atoms with Crippen molar-refractivity contribution >= 4 is 17.7 Å².